The molecule has 3 aromatic heterocycles. The van der Waals surface area contributed by atoms with E-state index in [1.165, 1.54) is 17.5 Å². The molecule has 1 aliphatic carbocycles. The average Bonchev–Trinajstić information content (AvgIpc) is 3.39. The number of likely N-dealkylation sites (tertiary alicyclic amines) is 1. The normalized spacial score (nSPS) is 18.1. The van der Waals surface area contributed by atoms with Gasteiger partial charge in [-0.15, -0.1) is 11.3 Å². The lowest BCUT2D eigenvalue weighted by atomic mass is 10.1. The van der Waals surface area contributed by atoms with E-state index in [0.717, 1.165) is 12.8 Å². The summed E-state index contributed by atoms with van der Waals surface area (Å²) in [6.07, 6.45) is 9.23. The van der Waals surface area contributed by atoms with E-state index in [1.807, 2.05) is 6.92 Å². The molecule has 1 N–H and O–H groups in total. The van der Waals surface area contributed by atoms with E-state index < -0.39 is 10.0 Å². The zero-order chi connectivity index (χ0) is 23.7. The van der Waals surface area contributed by atoms with Crippen molar-refractivity contribution in [3.63, 3.8) is 0 Å². The third kappa shape index (κ3) is 4.73. The summed E-state index contributed by atoms with van der Waals surface area (Å²) in [6.45, 7) is 2.94. The molecule has 0 bridgehead atoms. The van der Waals surface area contributed by atoms with Crippen molar-refractivity contribution < 1.29 is 17.9 Å². The van der Waals surface area contributed by atoms with Gasteiger partial charge >= 0.3 is 0 Å². The standard InChI is InChI=1S/C22H24N6O4S2/c1-2-32-20-13-23-11-17(26-20)21-25-12-19(33-21)22(29)28-9-3-4-18(28)16-10-14(7-8-24-16)27-34(30,31)15-5-6-15/h7-8,10-13,15,18H,2-6,9H2,1H3,(H,24,27)/t18-/m1/s1. The number of carbonyl (C=O) groups excluding carboxylic acids is 1. The minimum absolute atomic E-state index is 0.133. The van der Waals surface area contributed by atoms with Crippen LogP contribution in [0, 0.1) is 0 Å². The molecule has 1 atom stereocenters. The van der Waals surface area contributed by atoms with Crippen LogP contribution < -0.4 is 9.46 Å². The van der Waals surface area contributed by atoms with E-state index in [-0.39, 0.29) is 17.2 Å². The molecule has 2 aliphatic rings. The molecule has 4 heterocycles. The molecule has 0 aromatic carbocycles. The van der Waals surface area contributed by atoms with Crippen LogP contribution in [0.1, 0.15) is 54.0 Å². The number of pyridine rings is 1. The van der Waals surface area contributed by atoms with Crippen molar-refractivity contribution in [1.29, 1.82) is 0 Å². The molecule has 0 spiro atoms. The average molecular weight is 501 g/mol. The van der Waals surface area contributed by atoms with Crippen LogP contribution in [0.25, 0.3) is 10.7 Å². The summed E-state index contributed by atoms with van der Waals surface area (Å²) in [4.78, 5) is 33.0. The molecule has 10 nitrogen and oxygen atoms in total. The molecule has 1 amide bonds. The number of hydrogen-bond acceptors (Lipinski definition) is 9. The molecule has 5 rings (SSSR count). The van der Waals surface area contributed by atoms with Gasteiger partial charge in [0.15, 0.2) is 0 Å². The molecule has 0 unspecified atom stereocenters. The molecular weight excluding hydrogens is 476 g/mol. The number of aromatic nitrogens is 4. The van der Waals surface area contributed by atoms with Crippen molar-refractivity contribution in [2.45, 2.75) is 43.9 Å². The van der Waals surface area contributed by atoms with Gasteiger partial charge in [-0.2, -0.15) is 0 Å². The third-order valence-electron chi connectivity index (χ3n) is 5.70. The van der Waals surface area contributed by atoms with E-state index in [2.05, 4.69) is 24.7 Å². The summed E-state index contributed by atoms with van der Waals surface area (Å²) in [5, 5.41) is 0.274. The first-order chi connectivity index (χ1) is 16.4. The second-order valence-electron chi connectivity index (χ2n) is 8.18. The molecule has 2 fully saturated rings. The summed E-state index contributed by atoms with van der Waals surface area (Å²) < 4.78 is 32.7. The van der Waals surface area contributed by atoms with Gasteiger partial charge in [-0.05, 0) is 44.7 Å². The van der Waals surface area contributed by atoms with Gasteiger partial charge in [-0.1, -0.05) is 0 Å². The molecule has 3 aromatic rings. The summed E-state index contributed by atoms with van der Waals surface area (Å²) >= 11 is 1.25. The van der Waals surface area contributed by atoms with Crippen molar-refractivity contribution in [2.75, 3.05) is 17.9 Å². The number of carbonyl (C=O) groups is 1. The van der Waals surface area contributed by atoms with Gasteiger partial charge in [-0.25, -0.2) is 18.4 Å². The topological polar surface area (TPSA) is 127 Å². The third-order valence-corrected chi connectivity index (χ3v) is 8.58. The zero-order valence-electron chi connectivity index (χ0n) is 18.5. The molecule has 1 saturated carbocycles. The van der Waals surface area contributed by atoms with E-state index in [0.29, 0.717) is 58.8 Å². The number of ether oxygens (including phenoxy) is 1. The fourth-order valence-corrected chi connectivity index (χ4v) is 6.14. The van der Waals surface area contributed by atoms with Crippen LogP contribution in [0.2, 0.25) is 0 Å². The van der Waals surface area contributed by atoms with Gasteiger partial charge in [0.2, 0.25) is 15.9 Å². The first kappa shape index (κ1) is 22.7. The predicted octanol–water partition coefficient (Wildman–Crippen LogP) is 3.28. The molecule has 34 heavy (non-hydrogen) atoms. The van der Waals surface area contributed by atoms with Crippen LogP contribution in [0.4, 0.5) is 5.69 Å². The Hall–Kier alpha value is -3.12. The molecular formula is C22H24N6O4S2. The Morgan fingerprint density at radius 1 is 1.24 bits per heavy atom. The Morgan fingerprint density at radius 2 is 2.09 bits per heavy atom. The predicted molar refractivity (Wildman–Crippen MR) is 127 cm³/mol. The minimum Gasteiger partial charge on any atom is -0.477 e. The Kier molecular flexibility index (Phi) is 6.17. The van der Waals surface area contributed by atoms with Crippen LogP contribution in [-0.2, 0) is 10.0 Å². The number of thiazole rings is 1. The maximum Gasteiger partial charge on any atom is 0.266 e. The van der Waals surface area contributed by atoms with Gasteiger partial charge in [-0.3, -0.25) is 19.5 Å². The fraction of sp³-hybridized carbons (Fsp3) is 0.409. The molecule has 178 valence electrons. The number of nitrogens with one attached hydrogen (secondary N) is 1. The van der Waals surface area contributed by atoms with Gasteiger partial charge in [0.05, 0.1) is 47.9 Å². The van der Waals surface area contributed by atoms with E-state index >= 15 is 0 Å². The Morgan fingerprint density at radius 3 is 2.88 bits per heavy atom. The Balaban J connectivity index is 1.34. The number of amides is 1. The lowest BCUT2D eigenvalue weighted by Crippen LogP contribution is -2.30. The van der Waals surface area contributed by atoms with Gasteiger partial charge in [0, 0.05) is 12.7 Å². The first-order valence-electron chi connectivity index (χ1n) is 11.1. The molecule has 1 saturated heterocycles. The van der Waals surface area contributed by atoms with E-state index in [9.17, 15) is 13.2 Å². The SMILES string of the molecule is CCOc1cncc(-c2ncc(C(=O)N3CCC[C@@H]3c3cc(NS(=O)(=O)C4CC4)ccn3)s2)n1. The van der Waals surface area contributed by atoms with Crippen LogP contribution in [0.5, 0.6) is 5.88 Å². The van der Waals surface area contributed by atoms with E-state index in [1.54, 1.807) is 35.6 Å². The lowest BCUT2D eigenvalue weighted by Gasteiger charge is -2.24. The second-order valence-corrected chi connectivity index (χ2v) is 11.2. The monoisotopic (exact) mass is 500 g/mol. The highest BCUT2D eigenvalue weighted by molar-refractivity contribution is 7.93. The van der Waals surface area contributed by atoms with Crippen molar-refractivity contribution >= 4 is 33.0 Å². The minimum atomic E-state index is -3.37. The fourth-order valence-electron chi connectivity index (χ4n) is 3.94. The van der Waals surface area contributed by atoms with Crippen molar-refractivity contribution in [1.82, 2.24) is 24.8 Å². The second kappa shape index (κ2) is 9.26. The molecule has 0 radical (unpaired) electrons. The maximum absolute atomic E-state index is 13.4. The highest BCUT2D eigenvalue weighted by Gasteiger charge is 2.36. The van der Waals surface area contributed by atoms with Crippen LogP contribution >= 0.6 is 11.3 Å². The van der Waals surface area contributed by atoms with Crippen LogP contribution in [0.15, 0.2) is 36.9 Å². The van der Waals surface area contributed by atoms with Crippen LogP contribution in [-0.4, -0.2) is 57.6 Å². The molecule has 12 heteroatoms. The summed E-state index contributed by atoms with van der Waals surface area (Å²) in [6, 6.07) is 3.13. The number of rotatable bonds is 8. The summed E-state index contributed by atoms with van der Waals surface area (Å²) in [5.74, 6) is 0.275. The van der Waals surface area contributed by atoms with E-state index in [4.69, 9.17) is 4.74 Å². The van der Waals surface area contributed by atoms with Crippen molar-refractivity contribution in [2.24, 2.45) is 0 Å². The van der Waals surface area contributed by atoms with Gasteiger partial charge < -0.3 is 9.64 Å². The smallest absolute Gasteiger partial charge is 0.266 e. The first-order valence-corrected chi connectivity index (χ1v) is 13.5. The zero-order valence-corrected chi connectivity index (χ0v) is 20.2. The quantitative estimate of drug-likeness (QED) is 0.499. The van der Waals surface area contributed by atoms with Gasteiger partial charge in [0.1, 0.15) is 15.6 Å². The maximum atomic E-state index is 13.4. The number of hydrogen-bond donors (Lipinski definition) is 1. The highest BCUT2D eigenvalue weighted by Crippen LogP contribution is 2.35. The largest absolute Gasteiger partial charge is 0.477 e. The number of nitrogens with zero attached hydrogens (tertiary/aromatic N) is 5. The number of sulfonamides is 1. The van der Waals surface area contributed by atoms with Crippen LogP contribution in [0.3, 0.4) is 0 Å². The van der Waals surface area contributed by atoms with Crippen molar-refractivity contribution in [3.8, 4) is 16.6 Å². The highest BCUT2D eigenvalue weighted by atomic mass is 32.2. The summed E-state index contributed by atoms with van der Waals surface area (Å²) in [7, 11) is -3.37. The lowest BCUT2D eigenvalue weighted by molar-refractivity contribution is 0.0737. The van der Waals surface area contributed by atoms with Gasteiger partial charge in [0.25, 0.3) is 5.91 Å². The Bertz CT molecular complexity index is 1310. The number of anilines is 1. The Labute approximate surface area is 201 Å². The summed E-state index contributed by atoms with van der Waals surface area (Å²) in [5.41, 5.74) is 1.69. The molecule has 1 aliphatic heterocycles. The van der Waals surface area contributed by atoms with Crippen molar-refractivity contribution in [3.05, 3.63) is 47.5 Å².